The number of fused-ring (bicyclic) bond motifs is 1. The van der Waals surface area contributed by atoms with Gasteiger partial charge in [0, 0.05) is 30.9 Å². The quantitative estimate of drug-likeness (QED) is 0.871. The minimum Gasteiger partial charge on any atom is -0.335 e. The summed E-state index contributed by atoms with van der Waals surface area (Å²) in [5, 5.41) is 0. The van der Waals surface area contributed by atoms with Crippen LogP contribution in [0.2, 0.25) is 0 Å². The Labute approximate surface area is 142 Å². The van der Waals surface area contributed by atoms with Gasteiger partial charge in [-0.05, 0) is 31.9 Å². The summed E-state index contributed by atoms with van der Waals surface area (Å²) < 4.78 is 0. The third-order valence-electron chi connectivity index (χ3n) is 5.04. The largest absolute Gasteiger partial charge is 0.335 e. The van der Waals surface area contributed by atoms with E-state index in [2.05, 4.69) is 27.0 Å². The fourth-order valence-electron chi connectivity index (χ4n) is 4.00. The number of anilines is 1. The van der Waals surface area contributed by atoms with E-state index in [0.29, 0.717) is 13.0 Å². The molecule has 2 fully saturated rings. The molecule has 0 aliphatic carbocycles. The van der Waals surface area contributed by atoms with Gasteiger partial charge in [0.15, 0.2) is 0 Å². The number of nitrogens with zero attached hydrogens (tertiary/aromatic N) is 4. The lowest BCUT2D eigenvalue weighted by Gasteiger charge is -2.25. The molecule has 5 nitrogen and oxygen atoms in total. The molecule has 0 spiro atoms. The van der Waals surface area contributed by atoms with Gasteiger partial charge in [-0.25, -0.2) is 9.97 Å². The fraction of sp³-hybridized carbons (Fsp3) is 0.421. The van der Waals surface area contributed by atoms with Gasteiger partial charge in [-0.3, -0.25) is 4.79 Å². The molecule has 2 atom stereocenters. The van der Waals surface area contributed by atoms with Crippen LogP contribution < -0.4 is 4.90 Å². The molecular weight excluding hydrogens is 300 g/mol. The minimum absolute atomic E-state index is 0.197. The highest BCUT2D eigenvalue weighted by Crippen LogP contribution is 2.35. The van der Waals surface area contributed by atoms with Crippen LogP contribution in [0.1, 0.15) is 29.8 Å². The monoisotopic (exact) mass is 322 g/mol. The molecule has 2 aromatic rings. The molecule has 0 N–H and O–H groups in total. The first-order chi connectivity index (χ1) is 11.6. The number of rotatable bonds is 3. The van der Waals surface area contributed by atoms with E-state index in [1.54, 1.807) is 0 Å². The predicted molar refractivity (Wildman–Crippen MR) is 92.7 cm³/mol. The van der Waals surface area contributed by atoms with E-state index in [9.17, 15) is 4.79 Å². The molecule has 2 aliphatic rings. The first-order valence-electron chi connectivity index (χ1n) is 8.54. The maximum Gasteiger partial charge on any atom is 0.226 e. The zero-order valence-corrected chi connectivity index (χ0v) is 14.1. The molecule has 5 heteroatoms. The van der Waals surface area contributed by atoms with Gasteiger partial charge < -0.3 is 9.80 Å². The van der Waals surface area contributed by atoms with E-state index in [1.807, 2.05) is 43.0 Å². The normalized spacial score (nSPS) is 23.0. The summed E-state index contributed by atoms with van der Waals surface area (Å²) in [6, 6.07) is 12.7. The van der Waals surface area contributed by atoms with Crippen LogP contribution in [0.5, 0.6) is 0 Å². The van der Waals surface area contributed by atoms with Crippen molar-refractivity contribution in [3.8, 4) is 0 Å². The Morgan fingerprint density at radius 2 is 1.79 bits per heavy atom. The second-order valence-electron chi connectivity index (χ2n) is 6.78. The molecule has 1 aromatic carbocycles. The Bertz CT molecular complexity index is 741. The van der Waals surface area contributed by atoms with Crippen molar-refractivity contribution in [2.45, 2.75) is 45.3 Å². The molecule has 1 amide bonds. The topological polar surface area (TPSA) is 49.3 Å². The zero-order valence-electron chi connectivity index (χ0n) is 14.1. The zero-order chi connectivity index (χ0) is 16.7. The van der Waals surface area contributed by atoms with E-state index in [0.717, 1.165) is 30.3 Å². The Morgan fingerprint density at radius 1 is 1.08 bits per heavy atom. The third kappa shape index (κ3) is 2.64. The molecule has 0 radical (unpaired) electrons. The van der Waals surface area contributed by atoms with Crippen molar-refractivity contribution in [2.24, 2.45) is 0 Å². The smallest absolute Gasteiger partial charge is 0.226 e. The van der Waals surface area contributed by atoms with Crippen LogP contribution in [-0.2, 0) is 11.3 Å². The van der Waals surface area contributed by atoms with E-state index in [4.69, 9.17) is 0 Å². The van der Waals surface area contributed by atoms with E-state index < -0.39 is 0 Å². The van der Waals surface area contributed by atoms with Crippen molar-refractivity contribution in [3.63, 3.8) is 0 Å². The van der Waals surface area contributed by atoms with Crippen LogP contribution in [-0.4, -0.2) is 39.4 Å². The Kier molecular flexibility index (Phi) is 3.71. The number of likely N-dealkylation sites (tertiary alicyclic amines) is 1. The second-order valence-corrected chi connectivity index (χ2v) is 6.78. The number of hydrogen-bond acceptors (Lipinski definition) is 4. The first-order valence-corrected chi connectivity index (χ1v) is 8.54. The number of benzene rings is 1. The molecular formula is C19H22N4O. The van der Waals surface area contributed by atoms with Gasteiger partial charge in [0.2, 0.25) is 11.9 Å². The number of aryl methyl sites for hydroxylation is 2. The molecule has 2 aliphatic heterocycles. The molecule has 3 heterocycles. The Balaban J connectivity index is 1.57. The summed E-state index contributed by atoms with van der Waals surface area (Å²) in [4.78, 5) is 26.0. The van der Waals surface area contributed by atoms with Crippen LogP contribution in [0.3, 0.4) is 0 Å². The van der Waals surface area contributed by atoms with Crippen LogP contribution in [0.4, 0.5) is 5.95 Å². The first kappa shape index (κ1) is 15.1. The van der Waals surface area contributed by atoms with Crippen molar-refractivity contribution >= 4 is 11.9 Å². The van der Waals surface area contributed by atoms with Gasteiger partial charge in [0.1, 0.15) is 0 Å². The van der Waals surface area contributed by atoms with E-state index >= 15 is 0 Å². The van der Waals surface area contributed by atoms with Crippen LogP contribution >= 0.6 is 0 Å². The number of aromatic nitrogens is 2. The van der Waals surface area contributed by atoms with Crippen molar-refractivity contribution in [1.29, 1.82) is 0 Å². The summed E-state index contributed by atoms with van der Waals surface area (Å²) in [5.41, 5.74) is 3.14. The van der Waals surface area contributed by atoms with Gasteiger partial charge >= 0.3 is 0 Å². The summed E-state index contributed by atoms with van der Waals surface area (Å²) in [5.74, 6) is 1.01. The van der Waals surface area contributed by atoms with Crippen LogP contribution in [0.25, 0.3) is 0 Å². The highest BCUT2D eigenvalue weighted by atomic mass is 16.2. The van der Waals surface area contributed by atoms with Crippen LogP contribution in [0, 0.1) is 13.8 Å². The Morgan fingerprint density at radius 3 is 2.50 bits per heavy atom. The summed E-state index contributed by atoms with van der Waals surface area (Å²) >= 11 is 0. The standard InChI is InChI=1S/C19H22N4O/c1-13-10-14(2)21-19(20-13)22-9-8-16-17(22)11-18(24)23(16)12-15-6-4-3-5-7-15/h3-7,10,16-17H,8-9,11-12H2,1-2H3/t16-,17-/m0/s1. The lowest BCUT2D eigenvalue weighted by Crippen LogP contribution is -2.37. The molecule has 124 valence electrons. The predicted octanol–water partition coefficient (Wildman–Crippen LogP) is 2.47. The molecule has 0 bridgehead atoms. The maximum atomic E-state index is 12.6. The van der Waals surface area contributed by atoms with Gasteiger partial charge in [0.05, 0.1) is 12.1 Å². The molecule has 1 aromatic heterocycles. The van der Waals surface area contributed by atoms with Crippen LogP contribution in [0.15, 0.2) is 36.4 Å². The number of hydrogen-bond donors (Lipinski definition) is 0. The average Bonchev–Trinajstić information content (AvgIpc) is 3.08. The fourth-order valence-corrected chi connectivity index (χ4v) is 4.00. The third-order valence-corrected chi connectivity index (χ3v) is 5.04. The summed E-state index contributed by atoms with van der Waals surface area (Å²) in [6.07, 6.45) is 1.55. The lowest BCUT2D eigenvalue weighted by molar-refractivity contribution is -0.129. The van der Waals surface area contributed by atoms with Gasteiger partial charge in [-0.1, -0.05) is 30.3 Å². The maximum absolute atomic E-state index is 12.6. The highest BCUT2D eigenvalue weighted by molar-refractivity contribution is 5.81. The summed E-state index contributed by atoms with van der Waals surface area (Å²) in [6.45, 7) is 5.60. The molecule has 2 saturated heterocycles. The minimum atomic E-state index is 0.197. The molecule has 0 saturated carbocycles. The van der Waals surface area contributed by atoms with Crippen molar-refractivity contribution in [1.82, 2.24) is 14.9 Å². The van der Waals surface area contributed by atoms with E-state index in [1.165, 1.54) is 5.56 Å². The van der Waals surface area contributed by atoms with Crippen molar-refractivity contribution in [2.75, 3.05) is 11.4 Å². The second kappa shape index (κ2) is 5.89. The lowest BCUT2D eigenvalue weighted by atomic mass is 10.1. The van der Waals surface area contributed by atoms with Crippen molar-refractivity contribution in [3.05, 3.63) is 53.3 Å². The highest BCUT2D eigenvalue weighted by Gasteiger charge is 2.47. The molecule has 0 unspecified atom stereocenters. The SMILES string of the molecule is Cc1cc(C)nc(N2CC[C@H]3[C@@H]2CC(=O)N3Cc2ccccc2)n1. The molecule has 24 heavy (non-hydrogen) atoms. The number of amides is 1. The van der Waals surface area contributed by atoms with Gasteiger partial charge in [0.25, 0.3) is 0 Å². The molecule has 4 rings (SSSR count). The van der Waals surface area contributed by atoms with E-state index in [-0.39, 0.29) is 18.0 Å². The van der Waals surface area contributed by atoms with Crippen molar-refractivity contribution < 1.29 is 4.79 Å². The summed E-state index contributed by atoms with van der Waals surface area (Å²) in [7, 11) is 0. The Hall–Kier alpha value is -2.43. The average molecular weight is 322 g/mol. The van der Waals surface area contributed by atoms with Gasteiger partial charge in [-0.2, -0.15) is 0 Å². The number of carbonyl (C=O) groups excluding carboxylic acids is 1. The number of carbonyl (C=O) groups is 1. The van der Waals surface area contributed by atoms with Gasteiger partial charge in [-0.15, -0.1) is 0 Å².